The number of ether oxygens (including phenoxy) is 5. The summed E-state index contributed by atoms with van der Waals surface area (Å²) in [4.78, 5) is 51.0. The molecule has 71 heavy (non-hydrogen) atoms. The lowest BCUT2D eigenvalue weighted by atomic mass is 9.98. The van der Waals surface area contributed by atoms with E-state index in [2.05, 4.69) is 57.2 Å². The average molecular weight is 1010 g/mol. The Morgan fingerprint density at radius 1 is 0.465 bits per heavy atom. The molecule has 1 saturated heterocycles. The van der Waals surface area contributed by atoms with Crippen molar-refractivity contribution >= 4 is 23.9 Å². The molecule has 0 bridgehead atoms. The standard InChI is InChI=1S/C59H104O12/c1-4-7-10-13-16-19-22-24-26-28-31-33-36-39-42-45-51(60)67-48-50(69-52(61)46-43-40-37-35-32-29-27-25-23-20-17-14-11-8-5-2)49-68-59-57(55(64)54(63)56(71-59)58(65)66)70-53(62)47-44-41-38-34-30-21-18-15-12-9-6-3/h16,19,24-27,50,54-57,59,63-64H,4-15,17-18,20-23,28-49H2,1-3H3,(H,65,66)/b19-16-,26-24-,27-25-. The SMILES string of the molecule is CCCCC/C=C\C/C=C\CCCCCCCC(=O)OCC(COC1OC(C(=O)O)C(O)C(O)C1OC(=O)CCCCCCCCCCCCC)OC(=O)CCCCCCC/C=C\CCCCCCCC. The Bertz CT molecular complexity index is 1380. The van der Waals surface area contributed by atoms with Gasteiger partial charge in [-0.3, -0.25) is 14.4 Å². The lowest BCUT2D eigenvalue weighted by Crippen LogP contribution is -2.61. The summed E-state index contributed by atoms with van der Waals surface area (Å²) in [5.74, 6) is -3.13. The minimum absolute atomic E-state index is 0.0622. The van der Waals surface area contributed by atoms with Gasteiger partial charge in [0, 0.05) is 19.3 Å². The lowest BCUT2D eigenvalue weighted by Gasteiger charge is -2.40. The van der Waals surface area contributed by atoms with E-state index in [1.165, 1.54) is 96.3 Å². The van der Waals surface area contributed by atoms with Gasteiger partial charge in [-0.25, -0.2) is 4.79 Å². The molecule has 3 N–H and O–H groups in total. The van der Waals surface area contributed by atoms with Crippen LogP contribution in [0.2, 0.25) is 0 Å². The smallest absolute Gasteiger partial charge is 0.335 e. The molecule has 0 aromatic carbocycles. The summed E-state index contributed by atoms with van der Waals surface area (Å²) in [6.45, 7) is 5.94. The van der Waals surface area contributed by atoms with Gasteiger partial charge in [-0.1, -0.05) is 205 Å². The number of unbranched alkanes of at least 4 members (excludes halogenated alkanes) is 29. The summed E-state index contributed by atoms with van der Waals surface area (Å²) >= 11 is 0. The van der Waals surface area contributed by atoms with Gasteiger partial charge < -0.3 is 39.0 Å². The largest absolute Gasteiger partial charge is 0.479 e. The third-order valence-electron chi connectivity index (χ3n) is 13.2. The van der Waals surface area contributed by atoms with Crippen LogP contribution in [0.5, 0.6) is 0 Å². The fraction of sp³-hybridized carbons (Fsp3) is 0.831. The van der Waals surface area contributed by atoms with Crippen LogP contribution >= 0.6 is 0 Å². The van der Waals surface area contributed by atoms with Gasteiger partial charge in [0.05, 0.1) is 6.61 Å². The molecule has 0 aromatic rings. The summed E-state index contributed by atoms with van der Waals surface area (Å²) in [5.41, 5.74) is 0. The molecule has 1 aliphatic rings. The normalized spacial score (nSPS) is 18.7. The Labute approximate surface area is 431 Å². The average Bonchev–Trinajstić information content (AvgIpc) is 3.35. The molecule has 12 nitrogen and oxygen atoms in total. The number of carboxylic acids is 1. The topological polar surface area (TPSA) is 175 Å². The van der Waals surface area contributed by atoms with E-state index in [1.54, 1.807) is 0 Å². The molecule has 412 valence electrons. The van der Waals surface area contributed by atoms with Crippen molar-refractivity contribution in [2.24, 2.45) is 0 Å². The van der Waals surface area contributed by atoms with Gasteiger partial charge in [-0.2, -0.15) is 0 Å². The number of aliphatic hydroxyl groups excluding tert-OH is 2. The summed E-state index contributed by atoms with van der Waals surface area (Å²) < 4.78 is 28.4. The molecule has 1 heterocycles. The minimum Gasteiger partial charge on any atom is -0.479 e. The molecule has 12 heteroatoms. The molecule has 6 atom stereocenters. The molecule has 0 aromatic heterocycles. The highest BCUT2D eigenvalue weighted by Gasteiger charge is 2.50. The zero-order chi connectivity index (χ0) is 51.8. The highest BCUT2D eigenvalue weighted by atomic mass is 16.7. The van der Waals surface area contributed by atoms with Crippen LogP contribution in [-0.2, 0) is 42.9 Å². The number of hydrogen-bond donors (Lipinski definition) is 3. The summed E-state index contributed by atoms with van der Waals surface area (Å²) in [7, 11) is 0. The highest BCUT2D eigenvalue weighted by Crippen LogP contribution is 2.26. The Morgan fingerprint density at radius 3 is 1.31 bits per heavy atom. The maximum Gasteiger partial charge on any atom is 0.335 e. The maximum absolute atomic E-state index is 13.1. The van der Waals surface area contributed by atoms with E-state index < -0.39 is 67.3 Å². The Morgan fingerprint density at radius 2 is 0.845 bits per heavy atom. The lowest BCUT2D eigenvalue weighted by molar-refractivity contribution is -0.301. The number of carbonyl (C=O) groups is 4. The first-order chi connectivity index (χ1) is 34.6. The quantitative estimate of drug-likeness (QED) is 0.0228. The van der Waals surface area contributed by atoms with Gasteiger partial charge in [0.15, 0.2) is 24.6 Å². The fourth-order valence-electron chi connectivity index (χ4n) is 8.69. The van der Waals surface area contributed by atoms with Crippen LogP contribution in [0.25, 0.3) is 0 Å². The van der Waals surface area contributed by atoms with Crippen molar-refractivity contribution in [2.45, 2.75) is 302 Å². The van der Waals surface area contributed by atoms with Crippen LogP contribution in [-0.4, -0.2) is 89.2 Å². The van der Waals surface area contributed by atoms with Gasteiger partial charge in [0.25, 0.3) is 0 Å². The number of aliphatic hydroxyl groups is 2. The molecule has 1 rings (SSSR count). The van der Waals surface area contributed by atoms with Crippen LogP contribution < -0.4 is 0 Å². The van der Waals surface area contributed by atoms with E-state index in [1.807, 2.05) is 0 Å². The Kier molecular flexibility index (Phi) is 44.5. The van der Waals surface area contributed by atoms with E-state index in [9.17, 15) is 34.5 Å². The van der Waals surface area contributed by atoms with Crippen molar-refractivity contribution in [1.29, 1.82) is 0 Å². The number of esters is 3. The van der Waals surface area contributed by atoms with Gasteiger partial charge in [0.2, 0.25) is 0 Å². The minimum atomic E-state index is -1.90. The van der Waals surface area contributed by atoms with Crippen LogP contribution in [0.1, 0.15) is 265 Å². The van der Waals surface area contributed by atoms with E-state index in [0.29, 0.717) is 19.3 Å². The summed E-state index contributed by atoms with van der Waals surface area (Å²) in [6.07, 6.45) is 42.6. The van der Waals surface area contributed by atoms with Crippen LogP contribution in [0.4, 0.5) is 0 Å². The molecule has 6 unspecified atom stereocenters. The second kappa shape index (κ2) is 47.9. The molecular weight excluding hydrogens is 901 g/mol. The second-order valence-corrected chi connectivity index (χ2v) is 19.9. The first-order valence-electron chi connectivity index (χ1n) is 29.0. The summed E-state index contributed by atoms with van der Waals surface area (Å²) in [6, 6.07) is 0. The number of carboxylic acid groups (broad SMARTS) is 1. The van der Waals surface area contributed by atoms with E-state index in [4.69, 9.17) is 23.7 Å². The molecule has 0 spiro atoms. The van der Waals surface area contributed by atoms with Crippen molar-refractivity contribution in [2.75, 3.05) is 13.2 Å². The maximum atomic E-state index is 13.1. The first kappa shape index (κ1) is 66.0. The van der Waals surface area contributed by atoms with Crippen molar-refractivity contribution in [3.05, 3.63) is 36.5 Å². The zero-order valence-electron chi connectivity index (χ0n) is 45.2. The van der Waals surface area contributed by atoms with Crippen molar-refractivity contribution < 1.29 is 58.2 Å². The molecular formula is C59H104O12. The highest BCUT2D eigenvalue weighted by molar-refractivity contribution is 5.74. The van der Waals surface area contributed by atoms with Crippen LogP contribution in [0, 0.1) is 0 Å². The number of allylic oxidation sites excluding steroid dienone is 6. The molecule has 1 aliphatic heterocycles. The molecule has 0 aliphatic carbocycles. The summed E-state index contributed by atoms with van der Waals surface area (Å²) in [5, 5.41) is 31.4. The predicted molar refractivity (Wildman–Crippen MR) is 285 cm³/mol. The zero-order valence-corrected chi connectivity index (χ0v) is 45.2. The Balaban J connectivity index is 2.71. The van der Waals surface area contributed by atoms with E-state index in [0.717, 1.165) is 109 Å². The Hall–Kier alpha value is -3.06. The number of aliphatic carboxylic acids is 1. The fourth-order valence-corrected chi connectivity index (χ4v) is 8.69. The molecule has 0 saturated carbocycles. The van der Waals surface area contributed by atoms with Gasteiger partial charge in [-0.05, 0) is 77.0 Å². The number of carbonyl (C=O) groups excluding carboxylic acids is 3. The van der Waals surface area contributed by atoms with Crippen LogP contribution in [0.3, 0.4) is 0 Å². The number of hydrogen-bond acceptors (Lipinski definition) is 11. The molecule has 0 amide bonds. The van der Waals surface area contributed by atoms with E-state index in [-0.39, 0.29) is 25.9 Å². The van der Waals surface area contributed by atoms with Crippen molar-refractivity contribution in [1.82, 2.24) is 0 Å². The van der Waals surface area contributed by atoms with E-state index >= 15 is 0 Å². The molecule has 1 fully saturated rings. The predicted octanol–water partition coefficient (Wildman–Crippen LogP) is 14.5. The van der Waals surface area contributed by atoms with Crippen LogP contribution in [0.15, 0.2) is 36.5 Å². The van der Waals surface area contributed by atoms with Crippen molar-refractivity contribution in [3.8, 4) is 0 Å². The monoisotopic (exact) mass is 1000 g/mol. The van der Waals surface area contributed by atoms with Gasteiger partial charge in [0.1, 0.15) is 18.8 Å². The molecule has 0 radical (unpaired) electrons. The first-order valence-corrected chi connectivity index (χ1v) is 29.0. The number of rotatable bonds is 49. The van der Waals surface area contributed by atoms with Crippen molar-refractivity contribution in [3.63, 3.8) is 0 Å². The third-order valence-corrected chi connectivity index (χ3v) is 13.2. The third kappa shape index (κ3) is 38.2. The van der Waals surface area contributed by atoms with Gasteiger partial charge in [-0.15, -0.1) is 0 Å². The second-order valence-electron chi connectivity index (χ2n) is 19.9. The van der Waals surface area contributed by atoms with Gasteiger partial charge >= 0.3 is 23.9 Å².